The van der Waals surface area contributed by atoms with Gasteiger partial charge in [0.2, 0.25) is 11.8 Å². The number of carbonyl (C=O) groups excluding carboxylic acids is 2. The van der Waals surface area contributed by atoms with E-state index >= 15 is 0 Å². The van der Waals surface area contributed by atoms with E-state index in [1.165, 1.54) is 4.90 Å². The molecule has 5 nitrogen and oxygen atoms in total. The number of β-amino-alcohol motifs (C(OH)–C–C–N with tert-alkyl or cyclic N) is 1. The molecule has 126 valence electrons. The van der Waals surface area contributed by atoms with E-state index in [1.54, 1.807) is 23.1 Å². The number of hydrogen-bond donors (Lipinski definition) is 1. The number of hydrogen-bond acceptors (Lipinski definition) is 3. The van der Waals surface area contributed by atoms with Crippen LogP contribution < -0.4 is 0 Å². The van der Waals surface area contributed by atoms with Crippen LogP contribution >= 0.6 is 11.6 Å². The molecule has 1 aliphatic rings. The SMILES string of the molecule is CC(C)CN1CC(O)CN(C(=O)Cc2ccccc2Cl)CC1=O. The molecule has 1 aliphatic heterocycles. The van der Waals surface area contributed by atoms with Crippen LogP contribution in [0, 0.1) is 5.92 Å². The first kappa shape index (κ1) is 17.8. The van der Waals surface area contributed by atoms with Crippen LogP contribution in [-0.2, 0) is 16.0 Å². The van der Waals surface area contributed by atoms with E-state index in [0.29, 0.717) is 17.5 Å². The highest BCUT2D eigenvalue weighted by Gasteiger charge is 2.29. The topological polar surface area (TPSA) is 60.9 Å². The Morgan fingerprint density at radius 1 is 1.35 bits per heavy atom. The van der Waals surface area contributed by atoms with E-state index in [-0.39, 0.29) is 37.9 Å². The first-order valence-corrected chi connectivity index (χ1v) is 8.21. The fraction of sp³-hybridized carbons (Fsp3) is 0.529. The van der Waals surface area contributed by atoms with Gasteiger partial charge in [0.15, 0.2) is 0 Å². The van der Waals surface area contributed by atoms with Gasteiger partial charge in [0.1, 0.15) is 0 Å². The zero-order valence-corrected chi connectivity index (χ0v) is 14.3. The van der Waals surface area contributed by atoms with Crippen LogP contribution in [0.3, 0.4) is 0 Å². The van der Waals surface area contributed by atoms with Crippen molar-refractivity contribution in [2.24, 2.45) is 5.92 Å². The molecule has 0 spiro atoms. The number of amides is 2. The molecular formula is C17H23ClN2O3. The third-order valence-electron chi connectivity index (χ3n) is 3.78. The molecule has 1 saturated heterocycles. The fourth-order valence-electron chi connectivity index (χ4n) is 2.72. The minimum atomic E-state index is -0.726. The molecule has 1 atom stereocenters. The van der Waals surface area contributed by atoms with Gasteiger partial charge in [-0.25, -0.2) is 0 Å². The molecule has 1 N–H and O–H groups in total. The van der Waals surface area contributed by atoms with Crippen molar-refractivity contribution in [2.75, 3.05) is 26.2 Å². The van der Waals surface area contributed by atoms with Crippen LogP contribution in [0.15, 0.2) is 24.3 Å². The molecule has 1 unspecified atom stereocenters. The lowest BCUT2D eigenvalue weighted by Crippen LogP contribution is -2.41. The molecule has 2 amide bonds. The molecule has 0 saturated carbocycles. The Morgan fingerprint density at radius 2 is 2.04 bits per heavy atom. The van der Waals surface area contributed by atoms with Crippen LogP contribution in [0.1, 0.15) is 19.4 Å². The Labute approximate surface area is 141 Å². The first-order chi connectivity index (χ1) is 10.9. The summed E-state index contributed by atoms with van der Waals surface area (Å²) in [4.78, 5) is 27.9. The third-order valence-corrected chi connectivity index (χ3v) is 4.15. The van der Waals surface area contributed by atoms with Gasteiger partial charge >= 0.3 is 0 Å². The van der Waals surface area contributed by atoms with Crippen molar-refractivity contribution < 1.29 is 14.7 Å². The maximum Gasteiger partial charge on any atom is 0.242 e. The van der Waals surface area contributed by atoms with E-state index in [1.807, 2.05) is 19.9 Å². The van der Waals surface area contributed by atoms with Crippen molar-refractivity contribution in [3.63, 3.8) is 0 Å². The highest BCUT2D eigenvalue weighted by molar-refractivity contribution is 6.31. The predicted molar refractivity (Wildman–Crippen MR) is 89.2 cm³/mol. The zero-order chi connectivity index (χ0) is 17.0. The van der Waals surface area contributed by atoms with Crippen molar-refractivity contribution in [3.05, 3.63) is 34.9 Å². The molecular weight excluding hydrogens is 316 g/mol. The third kappa shape index (κ3) is 4.94. The molecule has 0 radical (unpaired) electrons. The number of nitrogens with zero attached hydrogens (tertiary/aromatic N) is 2. The first-order valence-electron chi connectivity index (χ1n) is 7.84. The van der Waals surface area contributed by atoms with Crippen LogP contribution in [0.25, 0.3) is 0 Å². The molecule has 1 fully saturated rings. The van der Waals surface area contributed by atoms with E-state index in [0.717, 1.165) is 5.56 Å². The number of rotatable bonds is 4. The summed E-state index contributed by atoms with van der Waals surface area (Å²) in [6.45, 7) is 5.07. The molecule has 0 bridgehead atoms. The van der Waals surface area contributed by atoms with E-state index in [4.69, 9.17) is 11.6 Å². The largest absolute Gasteiger partial charge is 0.389 e. The Morgan fingerprint density at radius 3 is 2.70 bits per heavy atom. The number of halogens is 1. The van der Waals surface area contributed by atoms with Crippen molar-refractivity contribution in [2.45, 2.75) is 26.4 Å². The second-order valence-electron chi connectivity index (χ2n) is 6.39. The summed E-state index contributed by atoms with van der Waals surface area (Å²) in [5, 5.41) is 10.6. The van der Waals surface area contributed by atoms with E-state index < -0.39 is 6.10 Å². The van der Waals surface area contributed by atoms with Gasteiger partial charge in [0.25, 0.3) is 0 Å². The van der Waals surface area contributed by atoms with Gasteiger partial charge in [-0.15, -0.1) is 0 Å². The molecule has 1 aromatic rings. The van der Waals surface area contributed by atoms with Crippen molar-refractivity contribution in [3.8, 4) is 0 Å². The smallest absolute Gasteiger partial charge is 0.242 e. The molecule has 6 heteroatoms. The highest BCUT2D eigenvalue weighted by atomic mass is 35.5. The minimum Gasteiger partial charge on any atom is -0.389 e. The quantitative estimate of drug-likeness (QED) is 0.906. The lowest BCUT2D eigenvalue weighted by molar-refractivity contribution is -0.138. The molecule has 0 aromatic heterocycles. The van der Waals surface area contributed by atoms with E-state index in [9.17, 15) is 14.7 Å². The zero-order valence-electron chi connectivity index (χ0n) is 13.5. The molecule has 2 rings (SSSR count). The number of carbonyl (C=O) groups is 2. The Hall–Kier alpha value is -1.59. The average molecular weight is 339 g/mol. The van der Waals surface area contributed by atoms with Crippen molar-refractivity contribution in [1.82, 2.24) is 9.80 Å². The molecule has 23 heavy (non-hydrogen) atoms. The number of aliphatic hydroxyl groups excluding tert-OH is 1. The summed E-state index contributed by atoms with van der Waals surface area (Å²) in [5.74, 6) is -0.00353. The summed E-state index contributed by atoms with van der Waals surface area (Å²) >= 11 is 6.08. The van der Waals surface area contributed by atoms with Gasteiger partial charge in [0.05, 0.1) is 19.1 Å². The van der Waals surface area contributed by atoms with Gasteiger partial charge < -0.3 is 14.9 Å². The maximum absolute atomic E-state index is 12.5. The highest BCUT2D eigenvalue weighted by Crippen LogP contribution is 2.17. The Kier molecular flexibility index (Phi) is 6.02. The van der Waals surface area contributed by atoms with Crippen LogP contribution in [0.4, 0.5) is 0 Å². The second kappa shape index (κ2) is 7.79. The molecule has 1 heterocycles. The lowest BCUT2D eigenvalue weighted by Gasteiger charge is -2.23. The summed E-state index contributed by atoms with van der Waals surface area (Å²) in [6, 6.07) is 7.15. The average Bonchev–Trinajstić information content (AvgIpc) is 2.60. The van der Waals surface area contributed by atoms with Crippen LogP contribution in [-0.4, -0.2) is 59.0 Å². The van der Waals surface area contributed by atoms with Crippen LogP contribution in [0.2, 0.25) is 5.02 Å². The molecule has 1 aromatic carbocycles. The van der Waals surface area contributed by atoms with E-state index in [2.05, 4.69) is 0 Å². The van der Waals surface area contributed by atoms with Gasteiger partial charge in [-0.1, -0.05) is 43.6 Å². The predicted octanol–water partition coefficient (Wildman–Crippen LogP) is 1.57. The van der Waals surface area contributed by atoms with Crippen LogP contribution in [0.5, 0.6) is 0 Å². The van der Waals surface area contributed by atoms with Crippen molar-refractivity contribution >= 4 is 23.4 Å². The standard InChI is InChI=1S/C17H23ClN2O3/c1-12(2)8-19-9-14(21)10-20(11-17(19)23)16(22)7-13-5-3-4-6-15(13)18/h3-6,12,14,21H,7-11H2,1-2H3. The summed E-state index contributed by atoms with van der Waals surface area (Å²) < 4.78 is 0. The summed E-state index contributed by atoms with van der Waals surface area (Å²) in [6.07, 6.45) is -0.598. The normalized spacial score (nSPS) is 19.2. The molecule has 0 aliphatic carbocycles. The minimum absolute atomic E-state index is 0.00701. The van der Waals surface area contributed by atoms with Crippen molar-refractivity contribution in [1.29, 1.82) is 0 Å². The van der Waals surface area contributed by atoms with Gasteiger partial charge in [-0.3, -0.25) is 9.59 Å². The fourth-order valence-corrected chi connectivity index (χ4v) is 2.92. The van der Waals surface area contributed by atoms with Gasteiger partial charge in [-0.2, -0.15) is 0 Å². The maximum atomic E-state index is 12.5. The van der Waals surface area contributed by atoms with Gasteiger partial charge in [-0.05, 0) is 17.5 Å². The number of benzene rings is 1. The number of aliphatic hydroxyl groups is 1. The summed E-state index contributed by atoms with van der Waals surface area (Å²) in [7, 11) is 0. The Balaban J connectivity index is 2.06. The lowest BCUT2D eigenvalue weighted by atomic mass is 10.1. The van der Waals surface area contributed by atoms with Gasteiger partial charge in [0, 0.05) is 24.7 Å². The second-order valence-corrected chi connectivity index (χ2v) is 6.80. The monoisotopic (exact) mass is 338 g/mol. The summed E-state index contributed by atoms with van der Waals surface area (Å²) in [5.41, 5.74) is 0.726. The Bertz CT molecular complexity index is 577.